The Hall–Kier alpha value is -2.11. The minimum Gasteiger partial charge on any atom is -0.495 e. The van der Waals surface area contributed by atoms with E-state index in [2.05, 4.69) is 5.32 Å². The van der Waals surface area contributed by atoms with Crippen molar-refractivity contribution in [2.24, 2.45) is 0 Å². The number of anilines is 1. The number of rotatable bonds is 6. The third-order valence-corrected chi connectivity index (χ3v) is 4.26. The molecule has 1 atom stereocenters. The minimum atomic E-state index is -0.730. The summed E-state index contributed by atoms with van der Waals surface area (Å²) in [5.74, 6) is 1.08. The van der Waals surface area contributed by atoms with E-state index in [-0.39, 0.29) is 5.91 Å². The van der Waals surface area contributed by atoms with E-state index in [4.69, 9.17) is 37.4 Å². The Labute approximate surface area is 156 Å². The standard InChI is InChI=1S/C18H19Cl2NO4/c1-10-7-12(5-6-13(10)19)25-11(2)18(22)21-15-9-16(23-3)14(20)8-17(15)24-4/h5-9,11H,1-4H3,(H,21,22)/t11-/m0/s1. The second-order valence-corrected chi connectivity index (χ2v) is 6.16. The summed E-state index contributed by atoms with van der Waals surface area (Å²) >= 11 is 12.1. The molecule has 2 aromatic rings. The summed E-state index contributed by atoms with van der Waals surface area (Å²) in [5.41, 5.74) is 1.31. The summed E-state index contributed by atoms with van der Waals surface area (Å²) in [7, 11) is 2.98. The van der Waals surface area contributed by atoms with E-state index in [0.717, 1.165) is 5.56 Å². The highest BCUT2D eigenvalue weighted by atomic mass is 35.5. The number of carbonyl (C=O) groups is 1. The van der Waals surface area contributed by atoms with Crippen molar-refractivity contribution in [3.8, 4) is 17.2 Å². The molecule has 0 heterocycles. The van der Waals surface area contributed by atoms with Crippen molar-refractivity contribution in [3.05, 3.63) is 45.9 Å². The summed E-state index contributed by atoms with van der Waals surface area (Å²) in [6.45, 7) is 3.52. The fourth-order valence-electron chi connectivity index (χ4n) is 2.14. The third-order valence-electron chi connectivity index (χ3n) is 3.54. The molecule has 0 saturated carbocycles. The fourth-order valence-corrected chi connectivity index (χ4v) is 2.49. The van der Waals surface area contributed by atoms with Gasteiger partial charge in [0.15, 0.2) is 6.10 Å². The normalized spacial score (nSPS) is 11.6. The van der Waals surface area contributed by atoms with Crippen LogP contribution in [-0.2, 0) is 4.79 Å². The van der Waals surface area contributed by atoms with Gasteiger partial charge in [-0.05, 0) is 37.6 Å². The predicted molar refractivity (Wildman–Crippen MR) is 99.5 cm³/mol. The third kappa shape index (κ3) is 4.71. The number of hydrogen-bond donors (Lipinski definition) is 1. The van der Waals surface area contributed by atoms with E-state index in [0.29, 0.717) is 33.0 Å². The molecule has 0 fully saturated rings. The van der Waals surface area contributed by atoms with Crippen LogP contribution in [-0.4, -0.2) is 26.2 Å². The molecule has 0 saturated heterocycles. The molecule has 1 amide bonds. The van der Waals surface area contributed by atoms with E-state index in [1.54, 1.807) is 37.3 Å². The van der Waals surface area contributed by atoms with Gasteiger partial charge in [0.25, 0.3) is 5.91 Å². The average Bonchev–Trinajstić information content (AvgIpc) is 2.59. The molecular formula is C18H19Cl2NO4. The van der Waals surface area contributed by atoms with Crippen LogP contribution >= 0.6 is 23.2 Å². The molecule has 0 aromatic heterocycles. The quantitative estimate of drug-likeness (QED) is 0.783. The van der Waals surface area contributed by atoms with Crippen molar-refractivity contribution in [1.29, 1.82) is 0 Å². The van der Waals surface area contributed by atoms with Crippen LogP contribution in [0.25, 0.3) is 0 Å². The number of methoxy groups -OCH3 is 2. The van der Waals surface area contributed by atoms with Gasteiger partial charge in [-0.1, -0.05) is 23.2 Å². The van der Waals surface area contributed by atoms with Gasteiger partial charge >= 0.3 is 0 Å². The maximum absolute atomic E-state index is 12.4. The summed E-state index contributed by atoms with van der Waals surface area (Å²) in [4.78, 5) is 12.4. The van der Waals surface area contributed by atoms with Gasteiger partial charge in [0.2, 0.25) is 0 Å². The summed E-state index contributed by atoms with van der Waals surface area (Å²) in [6.07, 6.45) is -0.730. The van der Waals surface area contributed by atoms with Crippen molar-refractivity contribution < 1.29 is 19.0 Å². The molecule has 1 N–H and O–H groups in total. The molecule has 5 nitrogen and oxygen atoms in total. The van der Waals surface area contributed by atoms with Crippen molar-refractivity contribution >= 4 is 34.8 Å². The lowest BCUT2D eigenvalue weighted by Crippen LogP contribution is -2.30. The first-order valence-electron chi connectivity index (χ1n) is 7.51. The van der Waals surface area contributed by atoms with E-state index < -0.39 is 6.10 Å². The Morgan fingerprint density at radius 2 is 1.72 bits per heavy atom. The van der Waals surface area contributed by atoms with Crippen LogP contribution in [0.3, 0.4) is 0 Å². The smallest absolute Gasteiger partial charge is 0.265 e. The van der Waals surface area contributed by atoms with Gasteiger partial charge in [0.1, 0.15) is 17.2 Å². The fraction of sp³-hybridized carbons (Fsp3) is 0.278. The Kier molecular flexibility index (Phi) is 6.39. The van der Waals surface area contributed by atoms with Crippen molar-refractivity contribution in [2.75, 3.05) is 19.5 Å². The maximum atomic E-state index is 12.4. The molecule has 0 radical (unpaired) electrons. The largest absolute Gasteiger partial charge is 0.495 e. The van der Waals surface area contributed by atoms with Gasteiger partial charge in [0, 0.05) is 17.2 Å². The lowest BCUT2D eigenvalue weighted by Gasteiger charge is -2.17. The lowest BCUT2D eigenvalue weighted by molar-refractivity contribution is -0.122. The van der Waals surface area contributed by atoms with E-state index in [1.165, 1.54) is 14.2 Å². The van der Waals surface area contributed by atoms with Crippen LogP contribution in [0, 0.1) is 6.92 Å². The van der Waals surface area contributed by atoms with Gasteiger partial charge in [0.05, 0.1) is 24.9 Å². The monoisotopic (exact) mass is 383 g/mol. The molecule has 134 valence electrons. The molecule has 25 heavy (non-hydrogen) atoms. The number of ether oxygens (including phenoxy) is 3. The lowest BCUT2D eigenvalue weighted by atomic mass is 10.2. The summed E-state index contributed by atoms with van der Waals surface area (Å²) in [6, 6.07) is 8.38. The second kappa shape index (κ2) is 8.32. The SMILES string of the molecule is COc1cc(NC(=O)[C@H](C)Oc2ccc(Cl)c(C)c2)c(OC)cc1Cl. The second-order valence-electron chi connectivity index (χ2n) is 5.35. The van der Waals surface area contributed by atoms with Crippen LogP contribution < -0.4 is 19.5 Å². The van der Waals surface area contributed by atoms with Crippen LogP contribution in [0.4, 0.5) is 5.69 Å². The number of nitrogens with one attached hydrogen (secondary N) is 1. The topological polar surface area (TPSA) is 56.8 Å². The molecule has 0 aliphatic rings. The minimum absolute atomic E-state index is 0.338. The molecule has 0 aliphatic heterocycles. The molecule has 0 aliphatic carbocycles. The van der Waals surface area contributed by atoms with Gasteiger partial charge in [-0.25, -0.2) is 0 Å². The Morgan fingerprint density at radius 3 is 2.32 bits per heavy atom. The number of amides is 1. The van der Waals surface area contributed by atoms with E-state index >= 15 is 0 Å². The van der Waals surface area contributed by atoms with Gasteiger partial charge < -0.3 is 19.5 Å². The molecule has 2 aromatic carbocycles. The van der Waals surface area contributed by atoms with Gasteiger partial charge in [-0.2, -0.15) is 0 Å². The zero-order chi connectivity index (χ0) is 18.6. The van der Waals surface area contributed by atoms with Crippen LogP contribution in [0.2, 0.25) is 10.0 Å². The van der Waals surface area contributed by atoms with Crippen molar-refractivity contribution in [3.63, 3.8) is 0 Å². The first-order chi connectivity index (χ1) is 11.8. The number of carbonyl (C=O) groups excluding carboxylic acids is 1. The maximum Gasteiger partial charge on any atom is 0.265 e. The number of benzene rings is 2. The first kappa shape index (κ1) is 19.2. The highest BCUT2D eigenvalue weighted by Gasteiger charge is 2.18. The number of halogens is 2. The molecule has 0 spiro atoms. The summed E-state index contributed by atoms with van der Waals surface area (Å²) < 4.78 is 16.1. The van der Waals surface area contributed by atoms with Crippen LogP contribution in [0.15, 0.2) is 30.3 Å². The average molecular weight is 384 g/mol. The zero-order valence-electron chi connectivity index (χ0n) is 14.4. The van der Waals surface area contributed by atoms with E-state index in [1.807, 2.05) is 6.92 Å². The first-order valence-corrected chi connectivity index (χ1v) is 8.26. The summed E-state index contributed by atoms with van der Waals surface area (Å²) in [5, 5.41) is 3.78. The highest BCUT2D eigenvalue weighted by Crippen LogP contribution is 2.36. The Morgan fingerprint density at radius 1 is 1.04 bits per heavy atom. The molecule has 0 unspecified atom stereocenters. The zero-order valence-corrected chi connectivity index (χ0v) is 15.9. The van der Waals surface area contributed by atoms with Gasteiger partial charge in [-0.3, -0.25) is 4.79 Å². The van der Waals surface area contributed by atoms with Crippen LogP contribution in [0.5, 0.6) is 17.2 Å². The molecule has 0 bridgehead atoms. The highest BCUT2D eigenvalue weighted by molar-refractivity contribution is 6.32. The Balaban J connectivity index is 2.14. The molecular weight excluding hydrogens is 365 g/mol. The predicted octanol–water partition coefficient (Wildman–Crippen LogP) is 4.73. The number of hydrogen-bond acceptors (Lipinski definition) is 4. The molecule has 7 heteroatoms. The van der Waals surface area contributed by atoms with E-state index in [9.17, 15) is 4.79 Å². The Bertz CT molecular complexity index is 780. The molecule has 2 rings (SSSR count). The van der Waals surface area contributed by atoms with Crippen LogP contribution in [0.1, 0.15) is 12.5 Å². The van der Waals surface area contributed by atoms with Crippen molar-refractivity contribution in [1.82, 2.24) is 0 Å². The van der Waals surface area contributed by atoms with Crippen molar-refractivity contribution in [2.45, 2.75) is 20.0 Å². The number of aryl methyl sites for hydroxylation is 1. The van der Waals surface area contributed by atoms with Gasteiger partial charge in [-0.15, -0.1) is 0 Å².